The molecule has 0 aromatic heterocycles. The minimum atomic E-state index is 0.215. The van der Waals surface area contributed by atoms with Crippen LogP contribution in [0.1, 0.15) is 20.3 Å². The molecular formula is C13H18N2OS. The second kappa shape index (κ2) is 5.96. The van der Waals surface area contributed by atoms with E-state index in [4.69, 9.17) is 4.74 Å². The van der Waals surface area contributed by atoms with E-state index in [1.54, 1.807) is 11.8 Å². The summed E-state index contributed by atoms with van der Waals surface area (Å²) in [5.41, 5.74) is 1.06. The second-order valence-electron chi connectivity index (χ2n) is 4.20. The summed E-state index contributed by atoms with van der Waals surface area (Å²) in [4.78, 5) is 4.43. The minimum absolute atomic E-state index is 0.215. The van der Waals surface area contributed by atoms with E-state index in [1.807, 2.05) is 38.1 Å². The summed E-state index contributed by atoms with van der Waals surface area (Å²) in [5, 5.41) is 4.34. The fraction of sp³-hybridized carbons (Fsp3) is 0.462. The van der Waals surface area contributed by atoms with E-state index in [1.165, 1.54) is 6.42 Å². The molecule has 2 rings (SSSR count). The number of hydrogen-bond donors (Lipinski definition) is 1. The van der Waals surface area contributed by atoms with Crippen molar-refractivity contribution in [2.45, 2.75) is 26.4 Å². The van der Waals surface area contributed by atoms with Gasteiger partial charge in [-0.05, 0) is 44.5 Å². The maximum absolute atomic E-state index is 5.60. The molecular weight excluding hydrogens is 232 g/mol. The van der Waals surface area contributed by atoms with E-state index in [0.717, 1.165) is 28.9 Å². The van der Waals surface area contributed by atoms with E-state index in [2.05, 4.69) is 10.3 Å². The lowest BCUT2D eigenvalue weighted by Crippen LogP contribution is -2.13. The summed E-state index contributed by atoms with van der Waals surface area (Å²) in [6.45, 7) is 4.99. The molecule has 1 aliphatic rings. The first kappa shape index (κ1) is 12.3. The highest BCUT2D eigenvalue weighted by atomic mass is 32.2. The molecule has 0 atom stereocenters. The number of nitrogens with zero attached hydrogens (tertiary/aromatic N) is 1. The molecule has 0 spiro atoms. The Labute approximate surface area is 107 Å². The van der Waals surface area contributed by atoms with Crippen LogP contribution in [0.2, 0.25) is 0 Å². The zero-order chi connectivity index (χ0) is 12.1. The number of aliphatic imine (C=N–C) groups is 1. The molecule has 0 amide bonds. The van der Waals surface area contributed by atoms with Gasteiger partial charge in [-0.15, -0.1) is 0 Å². The zero-order valence-corrected chi connectivity index (χ0v) is 11.1. The molecule has 0 bridgehead atoms. The van der Waals surface area contributed by atoms with Crippen molar-refractivity contribution in [2.24, 2.45) is 4.99 Å². The van der Waals surface area contributed by atoms with Crippen molar-refractivity contribution in [3.63, 3.8) is 0 Å². The number of nitrogens with one attached hydrogen (secondary N) is 1. The third-order valence-electron chi connectivity index (χ3n) is 2.27. The molecule has 4 heteroatoms. The summed E-state index contributed by atoms with van der Waals surface area (Å²) in [6, 6.07) is 8.01. The third-order valence-corrected chi connectivity index (χ3v) is 3.27. The lowest BCUT2D eigenvalue weighted by Gasteiger charge is -2.14. The van der Waals surface area contributed by atoms with Crippen LogP contribution in [0.5, 0.6) is 5.75 Å². The Balaban J connectivity index is 1.95. The van der Waals surface area contributed by atoms with Gasteiger partial charge in [-0.25, -0.2) is 0 Å². The smallest absolute Gasteiger partial charge is 0.161 e. The SMILES string of the molecule is CC(C)Oc1ccc(NC2=NCCCS2)cc1. The fourth-order valence-electron chi connectivity index (χ4n) is 1.55. The first-order valence-electron chi connectivity index (χ1n) is 5.95. The molecule has 1 aromatic rings. The van der Waals surface area contributed by atoms with Crippen LogP contribution in [-0.2, 0) is 0 Å². The molecule has 1 aromatic carbocycles. The number of amidine groups is 1. The van der Waals surface area contributed by atoms with Crippen molar-refractivity contribution >= 4 is 22.6 Å². The van der Waals surface area contributed by atoms with Gasteiger partial charge in [-0.3, -0.25) is 4.99 Å². The van der Waals surface area contributed by atoms with Gasteiger partial charge < -0.3 is 10.1 Å². The number of benzene rings is 1. The average molecular weight is 250 g/mol. The third kappa shape index (κ3) is 3.97. The second-order valence-corrected chi connectivity index (χ2v) is 5.29. The number of thioether (sulfide) groups is 1. The Hall–Kier alpha value is -1.16. The van der Waals surface area contributed by atoms with Crippen LogP contribution in [-0.4, -0.2) is 23.6 Å². The summed E-state index contributed by atoms with van der Waals surface area (Å²) >= 11 is 1.78. The Morgan fingerprint density at radius 2 is 2.06 bits per heavy atom. The largest absolute Gasteiger partial charge is 0.491 e. The molecule has 92 valence electrons. The van der Waals surface area contributed by atoms with Crippen LogP contribution in [0, 0.1) is 0 Å². The van der Waals surface area contributed by atoms with Crippen molar-refractivity contribution in [2.75, 3.05) is 17.6 Å². The van der Waals surface area contributed by atoms with Gasteiger partial charge in [0.15, 0.2) is 5.17 Å². The quantitative estimate of drug-likeness (QED) is 0.893. The molecule has 0 unspecified atom stereocenters. The highest BCUT2D eigenvalue weighted by Gasteiger charge is 2.06. The summed E-state index contributed by atoms with van der Waals surface area (Å²) in [6.07, 6.45) is 1.39. The van der Waals surface area contributed by atoms with E-state index in [9.17, 15) is 0 Å². The molecule has 0 fully saturated rings. The van der Waals surface area contributed by atoms with Crippen molar-refractivity contribution < 1.29 is 4.74 Å². The molecule has 0 aliphatic carbocycles. The fourth-order valence-corrected chi connectivity index (χ4v) is 2.39. The maximum Gasteiger partial charge on any atom is 0.161 e. The maximum atomic E-state index is 5.60. The predicted molar refractivity (Wildman–Crippen MR) is 75.2 cm³/mol. The van der Waals surface area contributed by atoms with Crippen LogP contribution in [0.4, 0.5) is 5.69 Å². The van der Waals surface area contributed by atoms with Crippen LogP contribution in [0.3, 0.4) is 0 Å². The van der Waals surface area contributed by atoms with Gasteiger partial charge in [0.2, 0.25) is 0 Å². The topological polar surface area (TPSA) is 33.6 Å². The van der Waals surface area contributed by atoms with Gasteiger partial charge in [0.05, 0.1) is 6.10 Å². The molecule has 1 heterocycles. The molecule has 1 aliphatic heterocycles. The van der Waals surface area contributed by atoms with Gasteiger partial charge in [0, 0.05) is 18.0 Å². The van der Waals surface area contributed by atoms with Gasteiger partial charge >= 0.3 is 0 Å². The number of rotatable bonds is 3. The van der Waals surface area contributed by atoms with E-state index in [-0.39, 0.29) is 6.10 Å². The Bertz CT molecular complexity index is 387. The Morgan fingerprint density at radius 1 is 1.29 bits per heavy atom. The van der Waals surface area contributed by atoms with Crippen LogP contribution in [0.25, 0.3) is 0 Å². The van der Waals surface area contributed by atoms with Crippen molar-refractivity contribution in [3.05, 3.63) is 24.3 Å². The van der Waals surface area contributed by atoms with Crippen molar-refractivity contribution in [1.29, 1.82) is 0 Å². The van der Waals surface area contributed by atoms with Crippen molar-refractivity contribution in [1.82, 2.24) is 0 Å². The highest BCUT2D eigenvalue weighted by Crippen LogP contribution is 2.19. The standard InChI is InChI=1S/C13H18N2OS/c1-10(2)16-12-6-4-11(5-7-12)15-13-14-8-3-9-17-13/h4-7,10H,3,8-9H2,1-2H3,(H,14,15). The molecule has 0 saturated carbocycles. The molecule has 17 heavy (non-hydrogen) atoms. The Kier molecular flexibility index (Phi) is 4.31. The van der Waals surface area contributed by atoms with E-state index < -0.39 is 0 Å². The summed E-state index contributed by atoms with van der Waals surface area (Å²) in [7, 11) is 0. The van der Waals surface area contributed by atoms with Crippen LogP contribution in [0.15, 0.2) is 29.3 Å². The highest BCUT2D eigenvalue weighted by molar-refractivity contribution is 8.14. The molecule has 0 saturated heterocycles. The molecule has 1 N–H and O–H groups in total. The van der Waals surface area contributed by atoms with Gasteiger partial charge in [-0.1, -0.05) is 11.8 Å². The van der Waals surface area contributed by atoms with E-state index in [0.29, 0.717) is 0 Å². The number of anilines is 1. The van der Waals surface area contributed by atoms with Crippen molar-refractivity contribution in [3.8, 4) is 5.75 Å². The normalized spacial score (nSPS) is 15.6. The molecule has 3 nitrogen and oxygen atoms in total. The Morgan fingerprint density at radius 3 is 2.65 bits per heavy atom. The minimum Gasteiger partial charge on any atom is -0.491 e. The lowest BCUT2D eigenvalue weighted by molar-refractivity contribution is 0.242. The summed E-state index contributed by atoms with van der Waals surface area (Å²) in [5.74, 6) is 2.06. The first-order valence-corrected chi connectivity index (χ1v) is 6.93. The van der Waals surface area contributed by atoms with E-state index >= 15 is 0 Å². The predicted octanol–water partition coefficient (Wildman–Crippen LogP) is 3.38. The van der Waals surface area contributed by atoms with Crippen LogP contribution >= 0.6 is 11.8 Å². The number of hydrogen-bond acceptors (Lipinski definition) is 4. The monoisotopic (exact) mass is 250 g/mol. The summed E-state index contributed by atoms with van der Waals surface area (Å²) < 4.78 is 5.60. The number of ether oxygens (including phenoxy) is 1. The lowest BCUT2D eigenvalue weighted by atomic mass is 10.3. The van der Waals surface area contributed by atoms with Gasteiger partial charge in [0.25, 0.3) is 0 Å². The van der Waals surface area contributed by atoms with Crippen LogP contribution < -0.4 is 10.1 Å². The first-order chi connectivity index (χ1) is 8.24. The average Bonchev–Trinajstić information content (AvgIpc) is 2.32. The van der Waals surface area contributed by atoms with Gasteiger partial charge in [0.1, 0.15) is 5.75 Å². The zero-order valence-electron chi connectivity index (χ0n) is 10.3. The van der Waals surface area contributed by atoms with Gasteiger partial charge in [-0.2, -0.15) is 0 Å². The molecule has 0 radical (unpaired) electrons.